The van der Waals surface area contributed by atoms with E-state index in [9.17, 15) is 9.18 Å². The third kappa shape index (κ3) is 6.01. The van der Waals surface area contributed by atoms with Crippen LogP contribution in [-0.4, -0.2) is 25.5 Å². The lowest BCUT2D eigenvalue weighted by molar-refractivity contribution is -0.230. The van der Waals surface area contributed by atoms with Crippen LogP contribution in [0.25, 0.3) is 0 Å². The molecule has 1 saturated heterocycles. The lowest BCUT2D eigenvalue weighted by Crippen LogP contribution is -2.39. The summed E-state index contributed by atoms with van der Waals surface area (Å²) in [5.74, 6) is -0.271. The molecule has 0 aromatic heterocycles. The van der Waals surface area contributed by atoms with Crippen molar-refractivity contribution in [3.63, 3.8) is 0 Å². The fraction of sp³-hybridized carbons (Fsp3) is 0.652. The molecule has 0 atom stereocenters. The Balaban J connectivity index is 1.41. The molecule has 1 aliphatic heterocycles. The van der Waals surface area contributed by atoms with Gasteiger partial charge in [0.1, 0.15) is 17.6 Å². The first kappa shape index (κ1) is 21.7. The monoisotopic (exact) mass is 403 g/mol. The molecule has 1 aliphatic carbocycles. The lowest BCUT2D eigenvalue weighted by atomic mass is 9.81. The molecule has 6 heteroatoms. The molecule has 0 bridgehead atoms. The van der Waals surface area contributed by atoms with E-state index in [1.54, 1.807) is 6.07 Å². The highest BCUT2D eigenvalue weighted by atomic mass is 19.1. The zero-order chi connectivity index (χ0) is 20.6. The lowest BCUT2D eigenvalue weighted by Gasteiger charge is -2.37. The SMILES string of the molecule is CCCCCC1COC(C2CCC(C(=O)Oc3ccc(C#N)c(F)c3)CC2)OC1. The number of esters is 1. The minimum Gasteiger partial charge on any atom is -0.426 e. The van der Waals surface area contributed by atoms with E-state index in [2.05, 4.69) is 6.92 Å². The van der Waals surface area contributed by atoms with Gasteiger partial charge in [0.2, 0.25) is 0 Å². The van der Waals surface area contributed by atoms with Crippen molar-refractivity contribution in [1.29, 1.82) is 5.26 Å². The fourth-order valence-electron chi connectivity index (χ4n) is 4.16. The normalized spacial score (nSPS) is 27.2. The number of nitrogens with zero attached hydrogens (tertiary/aromatic N) is 1. The number of hydrogen-bond acceptors (Lipinski definition) is 5. The summed E-state index contributed by atoms with van der Waals surface area (Å²) >= 11 is 0. The van der Waals surface area contributed by atoms with E-state index in [1.807, 2.05) is 0 Å². The summed E-state index contributed by atoms with van der Waals surface area (Å²) in [5.41, 5.74) is -0.0645. The molecule has 3 rings (SSSR count). The molecule has 0 unspecified atom stereocenters. The molecule has 5 nitrogen and oxygen atoms in total. The smallest absolute Gasteiger partial charge is 0.314 e. The molecule has 2 fully saturated rings. The van der Waals surface area contributed by atoms with E-state index in [1.165, 1.54) is 31.4 Å². The largest absolute Gasteiger partial charge is 0.426 e. The number of carbonyl (C=O) groups is 1. The molecule has 1 heterocycles. The van der Waals surface area contributed by atoms with Gasteiger partial charge in [-0.3, -0.25) is 4.79 Å². The Kier molecular flexibility index (Phi) is 8.02. The molecular formula is C23H30FNO4. The number of halogens is 1. The first-order valence-corrected chi connectivity index (χ1v) is 10.7. The maximum Gasteiger partial charge on any atom is 0.314 e. The summed E-state index contributed by atoms with van der Waals surface area (Å²) in [6.45, 7) is 3.74. The minimum atomic E-state index is -0.680. The molecule has 0 radical (unpaired) electrons. The van der Waals surface area contributed by atoms with Gasteiger partial charge in [-0.05, 0) is 44.2 Å². The summed E-state index contributed by atoms with van der Waals surface area (Å²) in [4.78, 5) is 12.4. The quantitative estimate of drug-likeness (QED) is 0.365. The number of hydrogen-bond donors (Lipinski definition) is 0. The Morgan fingerprint density at radius 1 is 1.21 bits per heavy atom. The zero-order valence-electron chi connectivity index (χ0n) is 17.1. The Morgan fingerprint density at radius 3 is 2.55 bits per heavy atom. The summed E-state index contributed by atoms with van der Waals surface area (Å²) in [6, 6.07) is 5.61. The van der Waals surface area contributed by atoms with Crippen LogP contribution >= 0.6 is 0 Å². The van der Waals surface area contributed by atoms with E-state index in [0.29, 0.717) is 24.7 Å². The first-order valence-electron chi connectivity index (χ1n) is 10.7. The average molecular weight is 403 g/mol. The number of unbranched alkanes of at least 4 members (excludes halogenated alkanes) is 2. The predicted octanol–water partition coefficient (Wildman–Crippen LogP) is 4.98. The Labute approximate surface area is 172 Å². The van der Waals surface area contributed by atoms with Crippen molar-refractivity contribution in [2.45, 2.75) is 64.6 Å². The number of carbonyl (C=O) groups excluding carboxylic acids is 1. The van der Waals surface area contributed by atoms with Gasteiger partial charge in [0.25, 0.3) is 0 Å². The molecule has 0 N–H and O–H groups in total. The van der Waals surface area contributed by atoms with E-state index < -0.39 is 5.82 Å². The third-order valence-corrected chi connectivity index (χ3v) is 5.98. The number of ether oxygens (including phenoxy) is 3. The highest BCUT2D eigenvalue weighted by Gasteiger charge is 2.35. The van der Waals surface area contributed by atoms with E-state index in [4.69, 9.17) is 19.5 Å². The molecule has 29 heavy (non-hydrogen) atoms. The van der Waals surface area contributed by atoms with Gasteiger partial charge in [-0.25, -0.2) is 4.39 Å². The van der Waals surface area contributed by atoms with Crippen molar-refractivity contribution in [2.24, 2.45) is 17.8 Å². The van der Waals surface area contributed by atoms with E-state index >= 15 is 0 Å². The van der Waals surface area contributed by atoms with Gasteiger partial charge in [-0.15, -0.1) is 0 Å². The van der Waals surface area contributed by atoms with Gasteiger partial charge in [-0.1, -0.05) is 26.2 Å². The highest BCUT2D eigenvalue weighted by Crippen LogP contribution is 2.35. The van der Waals surface area contributed by atoms with Crippen molar-refractivity contribution in [2.75, 3.05) is 13.2 Å². The summed E-state index contributed by atoms with van der Waals surface area (Å²) in [6.07, 6.45) is 7.85. The second-order valence-electron chi connectivity index (χ2n) is 8.18. The molecule has 1 saturated carbocycles. The van der Waals surface area contributed by atoms with Crippen LogP contribution in [0.15, 0.2) is 18.2 Å². The minimum absolute atomic E-state index is 0.0645. The van der Waals surface area contributed by atoms with Crippen LogP contribution in [0, 0.1) is 34.9 Å². The third-order valence-electron chi connectivity index (χ3n) is 5.98. The van der Waals surface area contributed by atoms with Gasteiger partial charge in [0.15, 0.2) is 6.29 Å². The van der Waals surface area contributed by atoms with E-state index in [-0.39, 0.29) is 29.5 Å². The van der Waals surface area contributed by atoms with Crippen molar-refractivity contribution in [1.82, 2.24) is 0 Å². The second kappa shape index (κ2) is 10.7. The molecular weight excluding hydrogens is 373 g/mol. The van der Waals surface area contributed by atoms with Crippen LogP contribution in [-0.2, 0) is 14.3 Å². The Hall–Kier alpha value is -1.97. The fourth-order valence-corrected chi connectivity index (χ4v) is 4.16. The van der Waals surface area contributed by atoms with Gasteiger partial charge < -0.3 is 14.2 Å². The molecule has 158 valence electrons. The number of benzene rings is 1. The van der Waals surface area contributed by atoms with Crippen molar-refractivity contribution < 1.29 is 23.4 Å². The topological polar surface area (TPSA) is 68.5 Å². The highest BCUT2D eigenvalue weighted by molar-refractivity contribution is 5.75. The van der Waals surface area contributed by atoms with Crippen LogP contribution in [0.1, 0.15) is 63.9 Å². The molecule has 1 aromatic rings. The number of nitriles is 1. The summed E-state index contributed by atoms with van der Waals surface area (Å²) in [5, 5.41) is 8.77. The van der Waals surface area contributed by atoms with Crippen LogP contribution < -0.4 is 4.74 Å². The summed E-state index contributed by atoms with van der Waals surface area (Å²) < 4.78 is 31.0. The Morgan fingerprint density at radius 2 is 1.93 bits per heavy atom. The first-order chi connectivity index (χ1) is 14.1. The van der Waals surface area contributed by atoms with Gasteiger partial charge in [-0.2, -0.15) is 5.26 Å². The summed E-state index contributed by atoms with van der Waals surface area (Å²) in [7, 11) is 0. The van der Waals surface area contributed by atoms with Gasteiger partial charge in [0, 0.05) is 17.9 Å². The van der Waals surface area contributed by atoms with Crippen LogP contribution in [0.4, 0.5) is 4.39 Å². The zero-order valence-corrected chi connectivity index (χ0v) is 17.1. The standard InChI is InChI=1S/C23H30FNO4/c1-2-3-4-5-16-14-27-23(28-15-16)18-8-6-17(7-9-18)22(26)29-20-11-10-19(13-25)21(24)12-20/h10-12,16-18,23H,2-9,14-15H2,1H3. The van der Waals surface area contributed by atoms with Crippen molar-refractivity contribution in [3.05, 3.63) is 29.6 Å². The molecule has 2 aliphatic rings. The molecule has 1 aromatic carbocycles. The maximum atomic E-state index is 13.7. The van der Waals surface area contributed by atoms with Crippen LogP contribution in [0.2, 0.25) is 0 Å². The van der Waals surface area contributed by atoms with E-state index in [0.717, 1.165) is 38.5 Å². The van der Waals surface area contributed by atoms with Crippen LogP contribution in [0.5, 0.6) is 5.75 Å². The predicted molar refractivity (Wildman–Crippen MR) is 106 cm³/mol. The second-order valence-corrected chi connectivity index (χ2v) is 8.18. The molecule has 0 spiro atoms. The van der Waals surface area contributed by atoms with Gasteiger partial charge in [0.05, 0.1) is 24.7 Å². The Bertz CT molecular complexity index is 716. The van der Waals surface area contributed by atoms with Crippen molar-refractivity contribution >= 4 is 5.97 Å². The van der Waals surface area contributed by atoms with Gasteiger partial charge >= 0.3 is 5.97 Å². The maximum absolute atomic E-state index is 13.7. The molecule has 0 amide bonds. The van der Waals surface area contributed by atoms with Crippen molar-refractivity contribution in [3.8, 4) is 11.8 Å². The average Bonchev–Trinajstić information content (AvgIpc) is 2.75. The number of rotatable bonds is 7. The van der Waals surface area contributed by atoms with Crippen LogP contribution in [0.3, 0.4) is 0 Å².